The van der Waals surface area contributed by atoms with Crippen molar-refractivity contribution in [3.8, 4) is 5.69 Å². The van der Waals surface area contributed by atoms with Gasteiger partial charge in [-0.1, -0.05) is 23.9 Å². The smallest absolute Gasteiger partial charge is 0.214 e. The Kier molecular flexibility index (Phi) is 4.53. The highest BCUT2D eigenvalue weighted by molar-refractivity contribution is 7.99. The van der Waals surface area contributed by atoms with Gasteiger partial charge in [0.2, 0.25) is 5.16 Å². The van der Waals surface area contributed by atoms with Crippen LogP contribution in [0.4, 0.5) is 0 Å². The second-order valence-corrected chi connectivity index (χ2v) is 6.71. The van der Waals surface area contributed by atoms with Crippen LogP contribution in [-0.4, -0.2) is 36.3 Å². The van der Waals surface area contributed by atoms with E-state index in [0.717, 1.165) is 28.2 Å². The maximum absolute atomic E-state index is 12.5. The molecule has 2 heterocycles. The monoisotopic (exact) mass is 341 g/mol. The molecule has 7 heteroatoms. The predicted molar refractivity (Wildman–Crippen MR) is 93.8 cm³/mol. The quantitative estimate of drug-likeness (QED) is 0.527. The van der Waals surface area contributed by atoms with Crippen LogP contribution in [0.3, 0.4) is 0 Å². The van der Waals surface area contributed by atoms with Crippen LogP contribution >= 0.6 is 11.8 Å². The van der Waals surface area contributed by atoms with Gasteiger partial charge in [0.1, 0.15) is 0 Å². The van der Waals surface area contributed by atoms with E-state index in [1.807, 2.05) is 62.7 Å². The zero-order chi connectivity index (χ0) is 17.3. The van der Waals surface area contributed by atoms with Crippen molar-refractivity contribution in [3.05, 3.63) is 52.8 Å². The van der Waals surface area contributed by atoms with Gasteiger partial charge < -0.3 is 4.57 Å². The highest BCUT2D eigenvalue weighted by Gasteiger charge is 2.16. The Morgan fingerprint density at radius 1 is 1.21 bits per heavy atom. The van der Waals surface area contributed by atoms with Crippen molar-refractivity contribution in [1.29, 1.82) is 0 Å². The zero-order valence-electron chi connectivity index (χ0n) is 14.1. The molecule has 6 nitrogen and oxygen atoms in total. The van der Waals surface area contributed by atoms with Gasteiger partial charge in [-0.3, -0.25) is 4.79 Å². The Bertz CT molecular complexity index is 896. The molecule has 124 valence electrons. The van der Waals surface area contributed by atoms with Gasteiger partial charge in [-0.05, 0) is 55.0 Å². The predicted octanol–water partition coefficient (Wildman–Crippen LogP) is 2.90. The second-order valence-electron chi connectivity index (χ2n) is 5.77. The Balaban J connectivity index is 1.77. The standard InChI is InChI=1S/C17H19N5OS/c1-11-6-5-7-14(8-11)22-17(18-19-20-22)24-10-16(23)15-9-12(2)21(4)13(15)3/h5-9H,10H2,1-4H3. The molecule has 2 aromatic heterocycles. The summed E-state index contributed by atoms with van der Waals surface area (Å²) in [5, 5.41) is 12.4. The lowest BCUT2D eigenvalue weighted by Crippen LogP contribution is -2.06. The fraction of sp³-hybridized carbons (Fsp3) is 0.294. The third kappa shape index (κ3) is 3.12. The van der Waals surface area contributed by atoms with Crippen LogP contribution in [0.15, 0.2) is 35.5 Å². The summed E-state index contributed by atoms with van der Waals surface area (Å²) in [7, 11) is 1.97. The Morgan fingerprint density at radius 3 is 2.67 bits per heavy atom. The summed E-state index contributed by atoms with van der Waals surface area (Å²) in [4.78, 5) is 12.5. The van der Waals surface area contributed by atoms with Crippen molar-refractivity contribution in [2.45, 2.75) is 25.9 Å². The number of carbonyl (C=O) groups excluding carboxylic acids is 1. The van der Waals surface area contributed by atoms with Gasteiger partial charge in [-0.15, -0.1) is 5.10 Å². The average Bonchev–Trinajstić information content (AvgIpc) is 3.13. The number of Topliss-reactive ketones (excluding diaryl/α,β-unsaturated/α-hetero) is 1. The first-order valence-electron chi connectivity index (χ1n) is 7.61. The number of benzene rings is 1. The average molecular weight is 341 g/mol. The molecule has 0 spiro atoms. The number of rotatable bonds is 5. The fourth-order valence-corrected chi connectivity index (χ4v) is 3.31. The normalized spacial score (nSPS) is 11.0. The summed E-state index contributed by atoms with van der Waals surface area (Å²) in [6.07, 6.45) is 0. The maximum Gasteiger partial charge on any atom is 0.214 e. The van der Waals surface area contributed by atoms with Gasteiger partial charge in [0.25, 0.3) is 0 Å². The van der Waals surface area contributed by atoms with Gasteiger partial charge in [0.15, 0.2) is 5.78 Å². The van der Waals surface area contributed by atoms with Crippen LogP contribution in [-0.2, 0) is 7.05 Å². The van der Waals surface area contributed by atoms with Crippen LogP contribution < -0.4 is 0 Å². The third-order valence-corrected chi connectivity index (χ3v) is 5.01. The van der Waals surface area contributed by atoms with Crippen LogP contribution in [0.1, 0.15) is 27.3 Å². The van der Waals surface area contributed by atoms with Crippen LogP contribution in [0.5, 0.6) is 0 Å². The number of carbonyl (C=O) groups is 1. The van der Waals surface area contributed by atoms with Crippen LogP contribution in [0.25, 0.3) is 5.69 Å². The first kappa shape index (κ1) is 16.4. The lowest BCUT2D eigenvalue weighted by atomic mass is 10.2. The number of nitrogens with zero attached hydrogens (tertiary/aromatic N) is 5. The summed E-state index contributed by atoms with van der Waals surface area (Å²) < 4.78 is 3.68. The van der Waals surface area contributed by atoms with Gasteiger partial charge in [-0.25, -0.2) is 0 Å². The van der Waals surface area contributed by atoms with Crippen molar-refractivity contribution in [2.24, 2.45) is 7.05 Å². The van der Waals surface area contributed by atoms with Crippen molar-refractivity contribution in [2.75, 3.05) is 5.75 Å². The van der Waals surface area contributed by atoms with Crippen molar-refractivity contribution in [1.82, 2.24) is 24.8 Å². The number of thioether (sulfide) groups is 1. The molecule has 3 rings (SSSR count). The molecule has 0 atom stereocenters. The molecule has 0 amide bonds. The van der Waals surface area contributed by atoms with Crippen molar-refractivity contribution in [3.63, 3.8) is 0 Å². The van der Waals surface area contributed by atoms with Crippen molar-refractivity contribution >= 4 is 17.5 Å². The molecule has 0 aliphatic heterocycles. The largest absolute Gasteiger partial charge is 0.351 e. The van der Waals surface area contributed by atoms with E-state index in [-0.39, 0.29) is 5.78 Å². The molecule has 0 saturated heterocycles. The lowest BCUT2D eigenvalue weighted by Gasteiger charge is -2.05. The maximum atomic E-state index is 12.5. The van der Waals surface area contributed by atoms with E-state index in [9.17, 15) is 4.79 Å². The molecular formula is C17H19N5OS. The molecule has 0 aliphatic rings. The minimum absolute atomic E-state index is 0.0833. The molecule has 0 saturated carbocycles. The number of hydrogen-bond donors (Lipinski definition) is 0. The van der Waals surface area contributed by atoms with Gasteiger partial charge in [0, 0.05) is 24.0 Å². The molecule has 0 N–H and O–H groups in total. The molecule has 3 aromatic rings. The highest BCUT2D eigenvalue weighted by atomic mass is 32.2. The zero-order valence-corrected chi connectivity index (χ0v) is 15.0. The second kappa shape index (κ2) is 6.60. The minimum Gasteiger partial charge on any atom is -0.351 e. The highest BCUT2D eigenvalue weighted by Crippen LogP contribution is 2.22. The molecule has 0 fully saturated rings. The summed E-state index contributed by atoms with van der Waals surface area (Å²) >= 11 is 1.35. The summed E-state index contributed by atoms with van der Waals surface area (Å²) in [5.41, 5.74) is 4.84. The van der Waals surface area contributed by atoms with E-state index in [4.69, 9.17) is 0 Å². The summed E-state index contributed by atoms with van der Waals surface area (Å²) in [6.45, 7) is 5.97. The summed E-state index contributed by atoms with van der Waals surface area (Å²) in [6, 6.07) is 9.86. The molecule has 0 radical (unpaired) electrons. The number of aryl methyl sites for hydroxylation is 2. The number of hydrogen-bond acceptors (Lipinski definition) is 5. The molecule has 1 aromatic carbocycles. The number of aromatic nitrogens is 5. The molecular weight excluding hydrogens is 322 g/mol. The molecule has 0 aliphatic carbocycles. The first-order valence-corrected chi connectivity index (χ1v) is 8.60. The van der Waals surface area contributed by atoms with Gasteiger partial charge in [-0.2, -0.15) is 4.68 Å². The van der Waals surface area contributed by atoms with Gasteiger partial charge >= 0.3 is 0 Å². The fourth-order valence-electron chi connectivity index (χ4n) is 2.54. The molecule has 0 unspecified atom stereocenters. The van der Waals surface area contributed by atoms with E-state index in [0.29, 0.717) is 10.9 Å². The number of ketones is 1. The van der Waals surface area contributed by atoms with E-state index in [2.05, 4.69) is 15.5 Å². The van der Waals surface area contributed by atoms with Crippen molar-refractivity contribution < 1.29 is 4.79 Å². The van der Waals surface area contributed by atoms with Crippen LogP contribution in [0, 0.1) is 20.8 Å². The number of tetrazole rings is 1. The first-order chi connectivity index (χ1) is 11.5. The van der Waals surface area contributed by atoms with Gasteiger partial charge in [0.05, 0.1) is 11.4 Å². The van der Waals surface area contributed by atoms with E-state index in [1.165, 1.54) is 11.8 Å². The Labute approximate surface area is 144 Å². The summed E-state index contributed by atoms with van der Waals surface area (Å²) in [5.74, 6) is 0.385. The lowest BCUT2D eigenvalue weighted by molar-refractivity contribution is 0.102. The molecule has 0 bridgehead atoms. The Morgan fingerprint density at radius 2 is 2.00 bits per heavy atom. The van der Waals surface area contributed by atoms with E-state index < -0.39 is 0 Å². The third-order valence-electron chi connectivity index (χ3n) is 4.10. The molecule has 24 heavy (non-hydrogen) atoms. The van der Waals surface area contributed by atoms with E-state index >= 15 is 0 Å². The Hall–Kier alpha value is -2.41. The van der Waals surface area contributed by atoms with E-state index in [1.54, 1.807) is 4.68 Å². The minimum atomic E-state index is 0.0833. The topological polar surface area (TPSA) is 65.6 Å². The van der Waals surface area contributed by atoms with Crippen LogP contribution in [0.2, 0.25) is 0 Å². The SMILES string of the molecule is Cc1cccc(-n2nnnc2SCC(=O)c2cc(C)n(C)c2C)c1.